The lowest BCUT2D eigenvalue weighted by Gasteiger charge is -2.72. The molecule has 1 saturated heterocycles. The SMILES string of the molecule is CCN1C[C@]2(COC)CC[C@H](OC(C)=O)[C@@]34[C@@H]2[C@H](OC)[C@](O)([C@@H]13)[C@@]1(O)C[C@H](OC)[C@H]2C[C@]4(O)[C@@H]1[C@H]2OC. The third-order valence-electron chi connectivity index (χ3n) is 11.8. The summed E-state index contributed by atoms with van der Waals surface area (Å²) in [4.78, 5) is 14.7. The van der Waals surface area contributed by atoms with Gasteiger partial charge in [0.2, 0.25) is 0 Å². The molecule has 10 nitrogen and oxygen atoms in total. The van der Waals surface area contributed by atoms with Gasteiger partial charge in [-0.2, -0.15) is 0 Å². The number of piperidine rings is 1. The smallest absolute Gasteiger partial charge is 0.302 e. The fourth-order valence-corrected chi connectivity index (χ4v) is 11.3. The number of methoxy groups -OCH3 is 4. The number of ether oxygens (including phenoxy) is 5. The van der Waals surface area contributed by atoms with Crippen molar-refractivity contribution in [2.75, 3.05) is 48.1 Å². The highest BCUT2D eigenvalue weighted by atomic mass is 16.6. The molecule has 5 aliphatic carbocycles. The van der Waals surface area contributed by atoms with Gasteiger partial charge in [-0.3, -0.25) is 9.69 Å². The molecule has 0 radical (unpaired) electrons. The molecule has 7 bridgehead atoms. The molecule has 0 unspecified atom stereocenters. The molecule has 6 rings (SSSR count). The van der Waals surface area contributed by atoms with Gasteiger partial charge >= 0.3 is 5.97 Å². The number of hydrogen-bond donors (Lipinski definition) is 3. The maximum absolute atomic E-state index is 13.3. The van der Waals surface area contributed by atoms with Crippen molar-refractivity contribution in [3.63, 3.8) is 0 Å². The Morgan fingerprint density at radius 2 is 1.73 bits per heavy atom. The van der Waals surface area contributed by atoms with Crippen molar-refractivity contribution in [3.05, 3.63) is 0 Å². The van der Waals surface area contributed by atoms with Crippen LogP contribution in [-0.4, -0.2) is 122 Å². The molecule has 0 amide bonds. The first-order chi connectivity index (χ1) is 17.5. The third-order valence-corrected chi connectivity index (χ3v) is 11.8. The number of carbonyl (C=O) groups is 1. The number of carbonyl (C=O) groups excluding carboxylic acids is 1. The average Bonchev–Trinajstić information content (AvgIpc) is 3.23. The van der Waals surface area contributed by atoms with E-state index in [-0.39, 0.29) is 12.3 Å². The highest BCUT2D eigenvalue weighted by molar-refractivity contribution is 5.66. The van der Waals surface area contributed by atoms with E-state index in [9.17, 15) is 20.1 Å². The summed E-state index contributed by atoms with van der Waals surface area (Å²) in [6.45, 7) is 5.04. The fraction of sp³-hybridized carbons (Fsp3) is 0.963. The highest BCUT2D eigenvalue weighted by Crippen LogP contribution is 2.81. The number of rotatable bonds is 7. The average molecular weight is 526 g/mol. The van der Waals surface area contributed by atoms with Gasteiger partial charge in [-0.25, -0.2) is 0 Å². The van der Waals surface area contributed by atoms with Gasteiger partial charge in [0.25, 0.3) is 0 Å². The van der Waals surface area contributed by atoms with E-state index in [1.54, 1.807) is 28.4 Å². The van der Waals surface area contributed by atoms with E-state index in [4.69, 9.17) is 23.7 Å². The minimum Gasteiger partial charge on any atom is -0.462 e. The van der Waals surface area contributed by atoms with Crippen LogP contribution in [0.1, 0.15) is 39.5 Å². The lowest BCUT2D eigenvalue weighted by molar-refractivity contribution is -0.356. The van der Waals surface area contributed by atoms with Gasteiger partial charge in [-0.15, -0.1) is 0 Å². The van der Waals surface area contributed by atoms with Crippen LogP contribution < -0.4 is 0 Å². The number of likely N-dealkylation sites (tertiary alicyclic amines) is 1. The van der Waals surface area contributed by atoms with Crippen LogP contribution in [0.15, 0.2) is 0 Å². The van der Waals surface area contributed by atoms with E-state index in [1.165, 1.54) is 6.92 Å². The fourth-order valence-electron chi connectivity index (χ4n) is 11.3. The minimum atomic E-state index is -1.78. The summed E-state index contributed by atoms with van der Waals surface area (Å²) in [6.07, 6.45) is -0.775. The molecule has 1 aliphatic heterocycles. The van der Waals surface area contributed by atoms with Crippen LogP contribution in [0.3, 0.4) is 0 Å². The van der Waals surface area contributed by atoms with Crippen LogP contribution in [0.5, 0.6) is 0 Å². The standard InChI is InChI=1S/C27H43NO9/c1-7-28-12-23(13-33-3)9-8-17(37-14(2)29)26-20(23)21(36-6)27(32,22(26)28)25(31)11-16(34-4)15-10-24(26,30)19(25)18(15)35-5/h15-22,30-32H,7-13H2,1-6H3/t15-,16+,17+,18+,19+,20-,21+,22+,23+,24+,25-,26-,27+/m1/s1. The first-order valence-electron chi connectivity index (χ1n) is 13.7. The number of fused-ring (bicyclic) bond motifs is 2. The number of nitrogens with zero attached hydrogens (tertiary/aromatic N) is 1. The van der Waals surface area contributed by atoms with E-state index in [0.29, 0.717) is 39.0 Å². The zero-order valence-electron chi connectivity index (χ0n) is 22.8. The van der Waals surface area contributed by atoms with Gasteiger partial charge in [0.1, 0.15) is 17.3 Å². The molecule has 0 aromatic rings. The second kappa shape index (κ2) is 8.10. The van der Waals surface area contributed by atoms with E-state index < -0.39 is 75.9 Å². The van der Waals surface area contributed by atoms with Crippen LogP contribution >= 0.6 is 0 Å². The minimum absolute atomic E-state index is 0.156. The lowest BCUT2D eigenvalue weighted by atomic mass is 9.41. The Labute approximate surface area is 218 Å². The molecule has 6 fully saturated rings. The summed E-state index contributed by atoms with van der Waals surface area (Å²) in [6, 6.07) is -0.701. The van der Waals surface area contributed by atoms with Gasteiger partial charge in [0, 0.05) is 71.5 Å². The van der Waals surface area contributed by atoms with E-state index in [0.717, 1.165) is 0 Å². The predicted octanol–water partition coefficient (Wildman–Crippen LogP) is -0.0433. The molecule has 37 heavy (non-hydrogen) atoms. The number of esters is 1. The molecule has 0 aromatic heterocycles. The Morgan fingerprint density at radius 1 is 1.00 bits per heavy atom. The molecule has 210 valence electrons. The normalized spacial score (nSPS) is 57.4. The second-order valence-corrected chi connectivity index (χ2v) is 12.7. The van der Waals surface area contributed by atoms with Crippen LogP contribution in [0.4, 0.5) is 0 Å². The summed E-state index contributed by atoms with van der Waals surface area (Å²) < 4.78 is 30.1. The van der Waals surface area contributed by atoms with Gasteiger partial charge in [-0.1, -0.05) is 6.92 Å². The maximum Gasteiger partial charge on any atom is 0.302 e. The first-order valence-corrected chi connectivity index (χ1v) is 13.7. The third kappa shape index (κ3) is 2.59. The number of hydrogen-bond acceptors (Lipinski definition) is 10. The van der Waals surface area contributed by atoms with Crippen LogP contribution in [0.25, 0.3) is 0 Å². The van der Waals surface area contributed by atoms with Crippen LogP contribution in [0.2, 0.25) is 0 Å². The molecule has 6 aliphatic rings. The molecular formula is C27H43NO9. The first kappa shape index (κ1) is 26.4. The van der Waals surface area contributed by atoms with Crippen molar-refractivity contribution >= 4 is 5.97 Å². The molecule has 5 saturated carbocycles. The molecular weight excluding hydrogens is 482 g/mol. The summed E-state index contributed by atoms with van der Waals surface area (Å²) in [7, 11) is 6.43. The van der Waals surface area contributed by atoms with Crippen molar-refractivity contribution in [2.45, 2.75) is 86.8 Å². The van der Waals surface area contributed by atoms with Crippen molar-refractivity contribution in [1.82, 2.24) is 4.90 Å². The summed E-state index contributed by atoms with van der Waals surface area (Å²) >= 11 is 0. The van der Waals surface area contributed by atoms with E-state index >= 15 is 0 Å². The Hall–Kier alpha value is -0.850. The molecule has 3 N–H and O–H groups in total. The summed E-state index contributed by atoms with van der Waals surface area (Å²) in [5.41, 5.74) is -6.64. The summed E-state index contributed by atoms with van der Waals surface area (Å²) in [5, 5.41) is 39.2. The maximum atomic E-state index is 13.3. The van der Waals surface area contributed by atoms with E-state index in [2.05, 4.69) is 4.90 Å². The largest absolute Gasteiger partial charge is 0.462 e. The second-order valence-electron chi connectivity index (χ2n) is 12.7. The lowest BCUT2D eigenvalue weighted by Crippen LogP contribution is -2.86. The Kier molecular flexibility index (Phi) is 5.77. The summed E-state index contributed by atoms with van der Waals surface area (Å²) in [5.74, 6) is -1.83. The molecule has 0 aromatic carbocycles. The highest BCUT2D eigenvalue weighted by Gasteiger charge is 2.95. The Morgan fingerprint density at radius 3 is 2.30 bits per heavy atom. The zero-order valence-corrected chi connectivity index (χ0v) is 22.8. The van der Waals surface area contributed by atoms with Crippen molar-refractivity contribution in [2.24, 2.45) is 28.6 Å². The topological polar surface area (TPSA) is 127 Å². The van der Waals surface area contributed by atoms with Crippen molar-refractivity contribution < 1.29 is 43.8 Å². The van der Waals surface area contributed by atoms with Gasteiger partial charge in [0.05, 0.1) is 42.0 Å². The van der Waals surface area contributed by atoms with Gasteiger partial charge < -0.3 is 39.0 Å². The van der Waals surface area contributed by atoms with Gasteiger partial charge in [0.15, 0.2) is 0 Å². The predicted molar refractivity (Wildman–Crippen MR) is 130 cm³/mol. The number of likely N-dealkylation sites (N-methyl/N-ethyl adjacent to an activating group) is 1. The van der Waals surface area contributed by atoms with Crippen molar-refractivity contribution in [1.29, 1.82) is 0 Å². The zero-order chi connectivity index (χ0) is 26.8. The van der Waals surface area contributed by atoms with Gasteiger partial charge in [-0.05, 0) is 25.8 Å². The molecule has 1 heterocycles. The Balaban J connectivity index is 1.72. The quantitative estimate of drug-likeness (QED) is 0.390. The van der Waals surface area contributed by atoms with Crippen LogP contribution in [0, 0.1) is 28.6 Å². The number of aliphatic hydroxyl groups is 3. The molecule has 10 heteroatoms. The Bertz CT molecular complexity index is 966. The molecule has 13 atom stereocenters. The van der Waals surface area contributed by atoms with Crippen molar-refractivity contribution in [3.8, 4) is 0 Å². The monoisotopic (exact) mass is 525 g/mol. The molecule has 1 spiro atoms. The van der Waals surface area contributed by atoms with E-state index in [1.807, 2.05) is 6.92 Å². The van der Waals surface area contributed by atoms with Crippen LogP contribution in [-0.2, 0) is 28.5 Å².